The predicted molar refractivity (Wildman–Crippen MR) is 108 cm³/mol. The number of nitrogens with zero attached hydrogens (tertiary/aromatic N) is 3. The maximum atomic E-state index is 13.1. The molecule has 29 heavy (non-hydrogen) atoms. The zero-order valence-corrected chi connectivity index (χ0v) is 17.2. The Morgan fingerprint density at radius 3 is 2.69 bits per heavy atom. The molecule has 3 rings (SSSR count). The molecule has 0 aliphatic carbocycles. The van der Waals surface area contributed by atoms with Gasteiger partial charge in [-0.3, -0.25) is 4.99 Å². The second-order valence-electron chi connectivity index (χ2n) is 7.87. The third-order valence-electron chi connectivity index (χ3n) is 5.62. The van der Waals surface area contributed by atoms with Gasteiger partial charge in [0.25, 0.3) is 0 Å². The summed E-state index contributed by atoms with van der Waals surface area (Å²) in [5.41, 5.74) is -0.0887. The summed E-state index contributed by atoms with van der Waals surface area (Å²) in [6, 6.07) is 5.43. The first-order chi connectivity index (χ1) is 13.9. The van der Waals surface area contributed by atoms with E-state index in [4.69, 9.17) is 9.73 Å². The lowest BCUT2D eigenvalue weighted by atomic mass is 9.97. The first-order valence-corrected chi connectivity index (χ1v) is 10.4. The number of piperidine rings is 1. The van der Waals surface area contributed by atoms with Crippen LogP contribution >= 0.6 is 0 Å². The van der Waals surface area contributed by atoms with Gasteiger partial charge in [-0.15, -0.1) is 0 Å². The molecule has 1 unspecified atom stereocenters. The van der Waals surface area contributed by atoms with E-state index in [1.165, 1.54) is 12.1 Å². The van der Waals surface area contributed by atoms with E-state index in [9.17, 15) is 13.2 Å². The molecule has 0 saturated carbocycles. The maximum Gasteiger partial charge on any atom is 0.416 e. The van der Waals surface area contributed by atoms with Gasteiger partial charge in [-0.2, -0.15) is 13.2 Å². The summed E-state index contributed by atoms with van der Waals surface area (Å²) in [6.45, 7) is 7.38. The molecule has 1 aromatic rings. The number of hydrogen-bond acceptors (Lipinski definition) is 3. The highest BCUT2D eigenvalue weighted by Crippen LogP contribution is 2.32. The minimum atomic E-state index is -4.35. The minimum absolute atomic E-state index is 0.404. The normalized spacial score (nSPS) is 22.7. The van der Waals surface area contributed by atoms with Crippen LogP contribution in [0.3, 0.4) is 0 Å². The number of guanidine groups is 1. The first-order valence-electron chi connectivity index (χ1n) is 10.4. The number of halogens is 3. The monoisotopic (exact) mass is 412 g/mol. The van der Waals surface area contributed by atoms with Crippen molar-refractivity contribution in [2.24, 2.45) is 10.9 Å². The van der Waals surface area contributed by atoms with Gasteiger partial charge < -0.3 is 19.9 Å². The fourth-order valence-corrected chi connectivity index (χ4v) is 3.84. The van der Waals surface area contributed by atoms with Crippen molar-refractivity contribution >= 4 is 5.96 Å². The molecule has 0 amide bonds. The Kier molecular flexibility index (Phi) is 7.40. The van der Waals surface area contributed by atoms with Gasteiger partial charge in [0.15, 0.2) is 5.96 Å². The molecule has 2 saturated heterocycles. The molecule has 8 heteroatoms. The summed E-state index contributed by atoms with van der Waals surface area (Å²) in [5.74, 6) is 1.41. The quantitative estimate of drug-likeness (QED) is 0.608. The molecule has 5 nitrogen and oxygen atoms in total. The van der Waals surface area contributed by atoms with Crippen molar-refractivity contribution in [3.8, 4) is 0 Å². The van der Waals surface area contributed by atoms with Crippen molar-refractivity contribution in [3.05, 3.63) is 35.4 Å². The molecule has 0 bridgehead atoms. The molecule has 2 aliphatic heterocycles. The molecule has 2 heterocycles. The van der Waals surface area contributed by atoms with Crippen molar-refractivity contribution in [1.82, 2.24) is 15.1 Å². The molecule has 1 N–H and O–H groups in total. The lowest BCUT2D eigenvalue weighted by Gasteiger charge is -2.36. The average Bonchev–Trinajstić information content (AvgIpc) is 2.72. The van der Waals surface area contributed by atoms with Crippen LogP contribution in [0.1, 0.15) is 37.0 Å². The van der Waals surface area contributed by atoms with E-state index in [1.807, 2.05) is 6.92 Å². The van der Waals surface area contributed by atoms with E-state index >= 15 is 0 Å². The van der Waals surface area contributed by atoms with Gasteiger partial charge in [-0.25, -0.2) is 0 Å². The van der Waals surface area contributed by atoms with Crippen LogP contribution in [0.15, 0.2) is 29.3 Å². The average molecular weight is 413 g/mol. The zero-order valence-electron chi connectivity index (χ0n) is 17.2. The van der Waals surface area contributed by atoms with Crippen molar-refractivity contribution in [2.75, 3.05) is 52.9 Å². The zero-order chi connectivity index (χ0) is 20.9. The van der Waals surface area contributed by atoms with E-state index in [0.29, 0.717) is 31.2 Å². The molecular formula is C21H31F3N4O. The minimum Gasteiger partial charge on any atom is -0.370 e. The molecule has 0 radical (unpaired) electrons. The number of aliphatic imine (C=N–C) groups is 1. The van der Waals surface area contributed by atoms with E-state index in [2.05, 4.69) is 22.2 Å². The van der Waals surface area contributed by atoms with Crippen LogP contribution < -0.4 is 5.32 Å². The molecule has 1 atom stereocenters. The lowest BCUT2D eigenvalue weighted by molar-refractivity contribution is -0.137. The van der Waals surface area contributed by atoms with Crippen molar-refractivity contribution in [3.63, 3.8) is 0 Å². The fourth-order valence-electron chi connectivity index (χ4n) is 3.84. The number of hydrogen-bond donors (Lipinski definition) is 1. The van der Waals surface area contributed by atoms with E-state index in [0.717, 1.165) is 51.0 Å². The van der Waals surface area contributed by atoms with Crippen LogP contribution in [0.4, 0.5) is 13.2 Å². The summed E-state index contributed by atoms with van der Waals surface area (Å²) in [7, 11) is 2.14. The molecule has 0 aromatic heterocycles. The number of morpholine rings is 1. The summed E-state index contributed by atoms with van der Waals surface area (Å²) >= 11 is 0. The smallest absolute Gasteiger partial charge is 0.370 e. The van der Waals surface area contributed by atoms with Gasteiger partial charge in [0.1, 0.15) is 6.10 Å². The Bertz CT molecular complexity index is 687. The maximum absolute atomic E-state index is 13.1. The van der Waals surface area contributed by atoms with Crippen molar-refractivity contribution in [2.45, 2.75) is 32.0 Å². The standard InChI is InChI=1S/C21H31F3N4O/c1-3-25-20(26-14-16-7-9-27(2)10-8-16)28-11-12-29-19(15-28)17-5-4-6-18(13-17)21(22,23)24/h4-6,13,16,19H,3,7-12,14-15H2,1-2H3,(H,25,26). The molecular weight excluding hydrogens is 381 g/mol. The number of likely N-dealkylation sites (tertiary alicyclic amines) is 1. The molecule has 2 fully saturated rings. The van der Waals surface area contributed by atoms with Crippen molar-refractivity contribution in [1.29, 1.82) is 0 Å². The van der Waals surface area contributed by atoms with Crippen LogP contribution in [-0.4, -0.2) is 68.7 Å². The van der Waals surface area contributed by atoms with Gasteiger partial charge in [-0.1, -0.05) is 12.1 Å². The summed E-state index contributed by atoms with van der Waals surface area (Å²) in [5, 5.41) is 3.34. The number of alkyl halides is 3. The lowest BCUT2D eigenvalue weighted by Crippen LogP contribution is -2.48. The Morgan fingerprint density at radius 2 is 2.00 bits per heavy atom. The molecule has 2 aliphatic rings. The number of nitrogens with one attached hydrogen (secondary N) is 1. The highest BCUT2D eigenvalue weighted by atomic mass is 19.4. The van der Waals surface area contributed by atoms with Crippen LogP contribution in [0.2, 0.25) is 0 Å². The van der Waals surface area contributed by atoms with Gasteiger partial charge >= 0.3 is 6.18 Å². The number of benzene rings is 1. The summed E-state index contributed by atoms with van der Waals surface area (Å²) < 4.78 is 45.0. The second kappa shape index (κ2) is 9.80. The Balaban J connectivity index is 1.67. The van der Waals surface area contributed by atoms with Gasteiger partial charge in [-0.05, 0) is 63.5 Å². The van der Waals surface area contributed by atoms with E-state index in [1.54, 1.807) is 6.07 Å². The van der Waals surface area contributed by atoms with Gasteiger partial charge in [0.05, 0.1) is 18.7 Å². The fraction of sp³-hybridized carbons (Fsp3) is 0.667. The molecule has 162 valence electrons. The largest absolute Gasteiger partial charge is 0.416 e. The Labute approximate surface area is 170 Å². The van der Waals surface area contributed by atoms with Gasteiger partial charge in [0.2, 0.25) is 0 Å². The topological polar surface area (TPSA) is 40.1 Å². The van der Waals surface area contributed by atoms with Crippen LogP contribution in [0.5, 0.6) is 0 Å². The summed E-state index contributed by atoms with van der Waals surface area (Å²) in [6.07, 6.45) is -2.46. The van der Waals surface area contributed by atoms with Crippen LogP contribution in [0.25, 0.3) is 0 Å². The third-order valence-corrected chi connectivity index (χ3v) is 5.62. The van der Waals surface area contributed by atoms with Crippen LogP contribution in [-0.2, 0) is 10.9 Å². The number of ether oxygens (including phenoxy) is 1. The predicted octanol–water partition coefficient (Wildman–Crippen LogP) is 3.39. The second-order valence-corrected chi connectivity index (χ2v) is 7.87. The Morgan fingerprint density at radius 1 is 1.24 bits per heavy atom. The van der Waals surface area contributed by atoms with E-state index < -0.39 is 17.8 Å². The highest BCUT2D eigenvalue weighted by Gasteiger charge is 2.32. The highest BCUT2D eigenvalue weighted by molar-refractivity contribution is 5.80. The van der Waals surface area contributed by atoms with Crippen LogP contribution in [0, 0.1) is 5.92 Å². The Hall–Kier alpha value is -1.80. The first kappa shape index (κ1) is 21.9. The SMILES string of the molecule is CCNC(=NCC1CCN(C)CC1)N1CCOC(c2cccc(C(F)(F)F)c2)C1. The van der Waals surface area contributed by atoms with E-state index in [-0.39, 0.29) is 0 Å². The molecule has 1 aromatic carbocycles. The third kappa shape index (κ3) is 6.09. The van der Waals surface area contributed by atoms with Crippen molar-refractivity contribution < 1.29 is 17.9 Å². The molecule has 0 spiro atoms. The van der Waals surface area contributed by atoms with Gasteiger partial charge in [0, 0.05) is 19.6 Å². The summed E-state index contributed by atoms with van der Waals surface area (Å²) in [4.78, 5) is 9.29. The number of rotatable bonds is 4.